The first kappa shape index (κ1) is 31.0. The van der Waals surface area contributed by atoms with Crippen LogP contribution in [0.1, 0.15) is 18.1 Å². The topological polar surface area (TPSA) is 105 Å². The number of nitrogens with zero attached hydrogens (tertiary/aromatic N) is 2. The number of benzene rings is 3. The van der Waals surface area contributed by atoms with Gasteiger partial charge < -0.3 is 19.7 Å². The Bertz CT molecular complexity index is 1400. The lowest BCUT2D eigenvalue weighted by Crippen LogP contribution is -2.53. The van der Waals surface area contributed by atoms with Crippen LogP contribution in [-0.2, 0) is 32.6 Å². The summed E-state index contributed by atoms with van der Waals surface area (Å²) in [5.41, 5.74) is 1.89. The molecule has 1 unspecified atom stereocenters. The van der Waals surface area contributed by atoms with E-state index >= 15 is 0 Å². The number of likely N-dealkylation sites (N-methyl/N-ethyl adjacent to an activating group) is 1. The van der Waals surface area contributed by atoms with Gasteiger partial charge in [-0.15, -0.1) is 0 Å². The van der Waals surface area contributed by atoms with Gasteiger partial charge in [-0.25, -0.2) is 8.42 Å². The molecule has 9 nitrogen and oxygen atoms in total. The van der Waals surface area contributed by atoms with E-state index in [-0.39, 0.29) is 24.6 Å². The van der Waals surface area contributed by atoms with Gasteiger partial charge in [-0.1, -0.05) is 58.4 Å². The van der Waals surface area contributed by atoms with Crippen LogP contribution in [0.4, 0.5) is 5.69 Å². The average Bonchev–Trinajstić information content (AvgIpc) is 2.94. The Morgan fingerprint density at radius 1 is 0.925 bits per heavy atom. The van der Waals surface area contributed by atoms with Crippen molar-refractivity contribution in [1.82, 2.24) is 10.2 Å². The smallest absolute Gasteiger partial charge is 0.244 e. The predicted molar refractivity (Wildman–Crippen MR) is 159 cm³/mol. The van der Waals surface area contributed by atoms with Crippen molar-refractivity contribution in [3.05, 3.63) is 88.4 Å². The molecule has 0 aromatic heterocycles. The van der Waals surface area contributed by atoms with Gasteiger partial charge in [0.05, 0.1) is 26.2 Å². The number of hydrogen-bond acceptors (Lipinski definition) is 6. The summed E-state index contributed by atoms with van der Waals surface area (Å²) in [4.78, 5) is 28.9. The van der Waals surface area contributed by atoms with E-state index in [4.69, 9.17) is 9.47 Å². The zero-order valence-corrected chi connectivity index (χ0v) is 25.4. The number of halogens is 1. The third-order valence-electron chi connectivity index (χ3n) is 6.22. The number of anilines is 1. The summed E-state index contributed by atoms with van der Waals surface area (Å²) in [5, 5.41) is 2.84. The number of carbonyl (C=O) groups excluding carboxylic acids is 2. The molecule has 40 heavy (non-hydrogen) atoms. The second kappa shape index (κ2) is 14.2. The standard InChI is InChI=1S/C29H34BrN3O6S/c1-5-31-29(35)25(17-21-9-7-6-8-10-21)32(19-22-11-13-23(30)14-12-22)28(34)20-33(40(4,36)37)24-15-16-26(38-2)27(18-24)39-3/h6-16,18,25H,5,17,19-20H2,1-4H3,(H,31,35). The predicted octanol–water partition coefficient (Wildman–Crippen LogP) is 4.01. The Morgan fingerprint density at radius 2 is 1.57 bits per heavy atom. The molecule has 0 aliphatic heterocycles. The lowest BCUT2D eigenvalue weighted by atomic mass is 10.0. The molecular formula is C29H34BrN3O6S. The van der Waals surface area contributed by atoms with E-state index in [2.05, 4.69) is 21.2 Å². The summed E-state index contributed by atoms with van der Waals surface area (Å²) in [6.07, 6.45) is 1.28. The summed E-state index contributed by atoms with van der Waals surface area (Å²) >= 11 is 3.42. The molecule has 2 amide bonds. The maximum Gasteiger partial charge on any atom is 0.244 e. The maximum absolute atomic E-state index is 14.0. The van der Waals surface area contributed by atoms with Crippen LogP contribution in [0.2, 0.25) is 0 Å². The van der Waals surface area contributed by atoms with Crippen molar-refractivity contribution in [3.63, 3.8) is 0 Å². The minimum absolute atomic E-state index is 0.101. The Hall–Kier alpha value is -3.57. The number of amides is 2. The molecule has 1 N–H and O–H groups in total. The van der Waals surface area contributed by atoms with Crippen molar-refractivity contribution < 1.29 is 27.5 Å². The largest absolute Gasteiger partial charge is 0.493 e. The molecule has 0 aliphatic carbocycles. The van der Waals surface area contributed by atoms with Crippen molar-refractivity contribution in [2.24, 2.45) is 0 Å². The molecule has 3 aromatic rings. The van der Waals surface area contributed by atoms with Gasteiger partial charge in [0.15, 0.2) is 11.5 Å². The Morgan fingerprint density at radius 3 is 2.15 bits per heavy atom. The second-order valence-corrected chi connectivity index (χ2v) is 11.9. The number of rotatable bonds is 13. The van der Waals surface area contributed by atoms with Crippen molar-refractivity contribution in [1.29, 1.82) is 0 Å². The van der Waals surface area contributed by atoms with E-state index in [0.717, 1.165) is 26.2 Å². The normalized spacial score (nSPS) is 11.8. The molecule has 1 atom stereocenters. The Kier molecular flexibility index (Phi) is 11.0. The Labute approximate surface area is 244 Å². The first-order chi connectivity index (χ1) is 19.1. The highest BCUT2D eigenvalue weighted by Gasteiger charge is 2.33. The summed E-state index contributed by atoms with van der Waals surface area (Å²) in [5.74, 6) is -0.122. The van der Waals surface area contributed by atoms with E-state index in [0.29, 0.717) is 18.0 Å². The van der Waals surface area contributed by atoms with Crippen LogP contribution in [0.15, 0.2) is 77.3 Å². The molecule has 0 aliphatic rings. The van der Waals surface area contributed by atoms with Crippen LogP contribution in [0, 0.1) is 0 Å². The van der Waals surface area contributed by atoms with E-state index < -0.39 is 28.5 Å². The third kappa shape index (κ3) is 8.22. The number of hydrogen-bond donors (Lipinski definition) is 1. The van der Waals surface area contributed by atoms with Crippen LogP contribution >= 0.6 is 15.9 Å². The van der Waals surface area contributed by atoms with Gasteiger partial charge in [0, 0.05) is 30.0 Å². The van der Waals surface area contributed by atoms with E-state index in [9.17, 15) is 18.0 Å². The highest BCUT2D eigenvalue weighted by atomic mass is 79.9. The molecule has 0 fully saturated rings. The van der Waals surface area contributed by atoms with Crippen LogP contribution in [0.5, 0.6) is 11.5 Å². The number of methoxy groups -OCH3 is 2. The van der Waals surface area contributed by atoms with Crippen molar-refractivity contribution in [3.8, 4) is 11.5 Å². The lowest BCUT2D eigenvalue weighted by molar-refractivity contribution is -0.140. The fourth-order valence-electron chi connectivity index (χ4n) is 4.23. The zero-order valence-electron chi connectivity index (χ0n) is 23.0. The average molecular weight is 633 g/mol. The molecule has 0 saturated heterocycles. The molecule has 214 valence electrons. The minimum Gasteiger partial charge on any atom is -0.493 e. The molecule has 0 saturated carbocycles. The van der Waals surface area contributed by atoms with Crippen molar-refractivity contribution >= 4 is 43.5 Å². The zero-order chi connectivity index (χ0) is 29.3. The van der Waals surface area contributed by atoms with Gasteiger partial charge in [0.2, 0.25) is 21.8 Å². The summed E-state index contributed by atoms with van der Waals surface area (Å²) in [7, 11) is -0.984. The number of ether oxygens (including phenoxy) is 2. The van der Waals surface area contributed by atoms with Crippen LogP contribution in [0.25, 0.3) is 0 Å². The monoisotopic (exact) mass is 631 g/mol. The van der Waals surface area contributed by atoms with Crippen molar-refractivity contribution in [2.45, 2.75) is 25.9 Å². The fraction of sp³-hybridized carbons (Fsp3) is 0.310. The molecule has 0 bridgehead atoms. The highest BCUT2D eigenvalue weighted by Crippen LogP contribution is 2.32. The van der Waals surface area contributed by atoms with E-state index in [1.54, 1.807) is 19.1 Å². The molecular weight excluding hydrogens is 598 g/mol. The molecule has 3 aromatic carbocycles. The van der Waals surface area contributed by atoms with Crippen LogP contribution < -0.4 is 19.1 Å². The SMILES string of the molecule is CCNC(=O)C(Cc1ccccc1)N(Cc1ccc(Br)cc1)C(=O)CN(c1ccc(OC)c(OC)c1)S(C)(=O)=O. The summed E-state index contributed by atoms with van der Waals surface area (Å²) < 4.78 is 38.4. The molecule has 0 radical (unpaired) electrons. The van der Waals surface area contributed by atoms with Gasteiger partial charge in [0.25, 0.3) is 0 Å². The van der Waals surface area contributed by atoms with Gasteiger partial charge in [0.1, 0.15) is 12.6 Å². The van der Waals surface area contributed by atoms with Crippen LogP contribution in [-0.4, -0.2) is 64.7 Å². The molecule has 0 spiro atoms. The van der Waals surface area contributed by atoms with Gasteiger partial charge >= 0.3 is 0 Å². The quantitative estimate of drug-likeness (QED) is 0.306. The van der Waals surface area contributed by atoms with Crippen LogP contribution in [0.3, 0.4) is 0 Å². The van der Waals surface area contributed by atoms with Crippen molar-refractivity contribution in [2.75, 3.05) is 37.9 Å². The summed E-state index contributed by atoms with van der Waals surface area (Å²) in [6, 6.07) is 20.5. The van der Waals surface area contributed by atoms with E-state index in [1.165, 1.54) is 25.2 Å². The first-order valence-electron chi connectivity index (χ1n) is 12.6. The lowest BCUT2D eigenvalue weighted by Gasteiger charge is -2.33. The molecule has 0 heterocycles. The molecule has 3 rings (SSSR count). The molecule has 11 heteroatoms. The third-order valence-corrected chi connectivity index (χ3v) is 7.89. The number of carbonyl (C=O) groups is 2. The van der Waals surface area contributed by atoms with Gasteiger partial charge in [-0.05, 0) is 42.3 Å². The summed E-state index contributed by atoms with van der Waals surface area (Å²) in [6.45, 7) is 1.77. The Balaban J connectivity index is 2.05. The highest BCUT2D eigenvalue weighted by molar-refractivity contribution is 9.10. The first-order valence-corrected chi connectivity index (χ1v) is 15.3. The number of nitrogens with one attached hydrogen (secondary N) is 1. The van der Waals surface area contributed by atoms with Gasteiger partial charge in [-0.2, -0.15) is 0 Å². The minimum atomic E-state index is -3.90. The van der Waals surface area contributed by atoms with Gasteiger partial charge in [-0.3, -0.25) is 13.9 Å². The van der Waals surface area contributed by atoms with E-state index in [1.807, 2.05) is 54.6 Å². The maximum atomic E-state index is 14.0. The number of sulfonamides is 1. The fourth-order valence-corrected chi connectivity index (χ4v) is 5.33. The second-order valence-electron chi connectivity index (χ2n) is 9.06.